The molecule has 3 heteroatoms. The van der Waals surface area contributed by atoms with E-state index in [9.17, 15) is 0 Å². The Morgan fingerprint density at radius 3 is 1.48 bits per heavy atom. The van der Waals surface area contributed by atoms with Crippen LogP contribution >= 0.6 is 23.2 Å². The van der Waals surface area contributed by atoms with Crippen molar-refractivity contribution in [1.82, 2.24) is 0 Å². The van der Waals surface area contributed by atoms with Crippen molar-refractivity contribution in [3.63, 3.8) is 0 Å². The van der Waals surface area contributed by atoms with Crippen molar-refractivity contribution in [2.24, 2.45) is 0 Å². The molecule has 0 heterocycles. The summed E-state index contributed by atoms with van der Waals surface area (Å²) in [6.07, 6.45) is 0.944. The van der Waals surface area contributed by atoms with E-state index in [1.807, 2.05) is 92.7 Å². The van der Waals surface area contributed by atoms with Crippen LogP contribution in [0.5, 0.6) is 0 Å². The summed E-state index contributed by atoms with van der Waals surface area (Å²) in [4.78, 5) is 0. The Bertz CT molecular complexity index is 2170. The van der Waals surface area contributed by atoms with Crippen molar-refractivity contribution in [3.8, 4) is 33.4 Å². The first kappa shape index (κ1) is 43.3. The van der Waals surface area contributed by atoms with Gasteiger partial charge in [0.05, 0.1) is 0 Å². The minimum atomic E-state index is -0.988. The molecule has 0 fully saturated rings. The summed E-state index contributed by atoms with van der Waals surface area (Å²) in [5.41, 5.74) is 17.6. The summed E-state index contributed by atoms with van der Waals surface area (Å²) in [7, 11) is 0. The largest absolute Gasteiger partial charge is 2.00 e. The van der Waals surface area contributed by atoms with Crippen LogP contribution in [0.1, 0.15) is 86.1 Å². The van der Waals surface area contributed by atoms with Gasteiger partial charge in [0.25, 0.3) is 0 Å². The zero-order valence-corrected chi connectivity index (χ0v) is 37.9. The fourth-order valence-corrected chi connectivity index (χ4v) is 7.74. The van der Waals surface area contributed by atoms with Crippen molar-refractivity contribution >= 4 is 23.2 Å². The molecule has 0 saturated carbocycles. The summed E-state index contributed by atoms with van der Waals surface area (Å²) in [6.45, 7) is 18.0. The molecule has 0 spiro atoms. The van der Waals surface area contributed by atoms with Crippen molar-refractivity contribution in [2.75, 3.05) is 0 Å². The molecular formula is C53H52Cl2Zr. The Morgan fingerprint density at radius 1 is 0.518 bits per heavy atom. The van der Waals surface area contributed by atoms with Gasteiger partial charge in [-0.3, -0.25) is 0 Å². The van der Waals surface area contributed by atoms with Crippen LogP contribution in [-0.2, 0) is 47.8 Å². The zero-order chi connectivity index (χ0) is 39.4. The second-order valence-electron chi connectivity index (χ2n) is 16.7. The van der Waals surface area contributed by atoms with E-state index in [4.69, 9.17) is 23.2 Å². The molecule has 0 radical (unpaired) electrons. The van der Waals surface area contributed by atoms with Gasteiger partial charge in [0.1, 0.15) is 0 Å². The maximum absolute atomic E-state index is 6.50. The van der Waals surface area contributed by atoms with Crippen LogP contribution in [0.2, 0.25) is 0 Å². The van der Waals surface area contributed by atoms with E-state index in [2.05, 4.69) is 126 Å². The Hall–Kier alpha value is -3.87. The Labute approximate surface area is 365 Å². The van der Waals surface area contributed by atoms with Gasteiger partial charge in [0.15, 0.2) is 4.33 Å². The van der Waals surface area contributed by atoms with Crippen molar-refractivity contribution in [2.45, 2.75) is 77.0 Å². The van der Waals surface area contributed by atoms with Crippen LogP contribution in [0.4, 0.5) is 0 Å². The first-order chi connectivity index (χ1) is 26.1. The molecule has 0 N–H and O–H groups in total. The molecule has 0 bridgehead atoms. The normalized spacial score (nSPS) is 11.9. The number of hydrogen-bond donors (Lipinski definition) is 0. The van der Waals surface area contributed by atoms with Gasteiger partial charge >= 0.3 is 26.2 Å². The summed E-state index contributed by atoms with van der Waals surface area (Å²) < 4.78 is -0.988. The van der Waals surface area contributed by atoms with Crippen molar-refractivity contribution in [1.29, 1.82) is 0 Å². The van der Waals surface area contributed by atoms with Gasteiger partial charge in [-0.05, 0) is 64.5 Å². The number of alkyl halides is 2. The number of benzene rings is 6. The predicted octanol–water partition coefficient (Wildman–Crippen LogP) is 15.4. The average molecular weight is 851 g/mol. The third-order valence-corrected chi connectivity index (χ3v) is 11.0. The van der Waals surface area contributed by atoms with E-state index in [1.54, 1.807) is 0 Å². The number of hydrogen-bond acceptors (Lipinski definition) is 0. The Morgan fingerprint density at radius 2 is 1.02 bits per heavy atom. The molecule has 0 nitrogen and oxygen atoms in total. The molecule has 1 aliphatic rings. The molecule has 7 aromatic rings. The van der Waals surface area contributed by atoms with Crippen molar-refractivity contribution in [3.05, 3.63) is 208 Å². The third-order valence-electron chi connectivity index (χ3n) is 10.1. The molecule has 0 saturated heterocycles. The smallest absolute Gasteiger partial charge is 0.214 e. The topological polar surface area (TPSA) is 0 Å². The molecule has 7 aromatic carbocycles. The second kappa shape index (κ2) is 18.2. The molecular weight excluding hydrogens is 799 g/mol. The maximum Gasteiger partial charge on any atom is 2.00 e. The minimum Gasteiger partial charge on any atom is -0.214 e. The molecule has 56 heavy (non-hydrogen) atoms. The average Bonchev–Trinajstić information content (AvgIpc) is 3.86. The monoisotopic (exact) mass is 848 g/mol. The van der Waals surface area contributed by atoms with Crippen LogP contribution in [-0.4, -0.2) is 0 Å². The van der Waals surface area contributed by atoms with Crippen LogP contribution in [0.25, 0.3) is 33.4 Å². The van der Waals surface area contributed by atoms with Gasteiger partial charge in [-0.1, -0.05) is 214 Å². The first-order valence-electron chi connectivity index (χ1n) is 19.2. The van der Waals surface area contributed by atoms with E-state index in [-0.39, 0.29) is 37.0 Å². The van der Waals surface area contributed by atoms with Gasteiger partial charge in [0.2, 0.25) is 0 Å². The van der Waals surface area contributed by atoms with Crippen molar-refractivity contribution < 1.29 is 26.2 Å². The summed E-state index contributed by atoms with van der Waals surface area (Å²) in [5, 5.41) is 0. The van der Waals surface area contributed by atoms with Gasteiger partial charge in [-0.25, -0.2) is 12.1 Å². The molecule has 282 valence electrons. The zero-order valence-electron chi connectivity index (χ0n) is 34.0. The van der Waals surface area contributed by atoms with Gasteiger partial charge in [-0.2, -0.15) is 18.2 Å². The standard InChI is InChI=1S/C33H33.C15H14Cl2.C5H5.Zr/c1-32(2,3)30-20-26-24(18-28(30)22-13-9-7-10-14-22)17-25-19-29(23-15-11-8-12-16-23)31(21-27(25)26)33(4,5)6;1-11-5-3-7-13(9-11)15(16,17)14-8-4-6-12(2)10-14;1-2-4-5-3-1;/h7-16,18,20-21H,17H2,1-6H3;3-10H,1-2H3;1-5H;/q-1;;-1;+2. The predicted molar refractivity (Wildman–Crippen MR) is 239 cm³/mol. The van der Waals surface area contributed by atoms with Crippen LogP contribution in [0.15, 0.2) is 158 Å². The Kier molecular flexibility index (Phi) is 14.0. The molecule has 8 rings (SSSR count). The number of rotatable bonds is 4. The van der Waals surface area contributed by atoms with Crippen LogP contribution in [0.3, 0.4) is 0 Å². The first-order valence-corrected chi connectivity index (χ1v) is 20.0. The van der Waals surface area contributed by atoms with E-state index < -0.39 is 4.33 Å². The fraction of sp³-hybridized carbons (Fsp3) is 0.226. The van der Waals surface area contributed by atoms with E-state index in [0.717, 1.165) is 28.7 Å². The molecule has 0 aromatic heterocycles. The molecule has 1 aliphatic carbocycles. The van der Waals surface area contributed by atoms with E-state index in [0.29, 0.717) is 0 Å². The number of halogens is 2. The molecule has 0 amide bonds. The number of aryl methyl sites for hydroxylation is 2. The summed E-state index contributed by atoms with van der Waals surface area (Å²) in [6, 6.07) is 58.8. The fourth-order valence-electron chi connectivity index (χ4n) is 7.27. The molecule has 0 unspecified atom stereocenters. The SMILES string of the molecule is CC(C)(C)c1cc2c([c-]c1-c1ccccc1)Cc1cc(-c3ccccc3)c(C(C)(C)C)cc1-2.Cc1cccc(C(Cl)(Cl)c2cccc(C)c2)c1.[Zr+2].c1cc[cH-]c1. The molecule has 0 aliphatic heterocycles. The van der Waals surface area contributed by atoms with Gasteiger partial charge < -0.3 is 0 Å². The summed E-state index contributed by atoms with van der Waals surface area (Å²) >= 11 is 13.0. The van der Waals surface area contributed by atoms with E-state index in [1.165, 1.54) is 55.6 Å². The second-order valence-corrected chi connectivity index (χ2v) is 18.0. The van der Waals surface area contributed by atoms with Gasteiger partial charge in [0, 0.05) is 0 Å². The Balaban J connectivity index is 0.000000217. The van der Waals surface area contributed by atoms with E-state index >= 15 is 0 Å². The van der Waals surface area contributed by atoms with Gasteiger partial charge in [-0.15, -0.1) is 28.8 Å². The third kappa shape index (κ3) is 10.2. The number of fused-ring (bicyclic) bond motifs is 3. The summed E-state index contributed by atoms with van der Waals surface area (Å²) in [5.74, 6) is 0. The quantitative estimate of drug-likeness (QED) is 0.122. The maximum atomic E-state index is 6.50. The minimum absolute atomic E-state index is 0. The van der Waals surface area contributed by atoms with Crippen LogP contribution in [0, 0.1) is 19.9 Å². The molecule has 0 atom stereocenters. The van der Waals surface area contributed by atoms with Crippen LogP contribution < -0.4 is 0 Å².